The van der Waals surface area contributed by atoms with E-state index < -0.39 is 0 Å². The van der Waals surface area contributed by atoms with Crippen molar-refractivity contribution in [2.24, 2.45) is 20.0 Å². The van der Waals surface area contributed by atoms with Crippen LogP contribution < -0.4 is 0 Å². The number of pyridine rings is 6. The van der Waals surface area contributed by atoms with E-state index in [0.717, 1.165) is 50.5 Å². The van der Waals surface area contributed by atoms with Crippen LogP contribution in [0.15, 0.2) is 185 Å². The Kier molecular flexibility index (Phi) is 17.1. The molecule has 0 radical (unpaired) electrons. The van der Waals surface area contributed by atoms with Crippen molar-refractivity contribution in [1.29, 1.82) is 0 Å². The summed E-state index contributed by atoms with van der Waals surface area (Å²) in [5, 5.41) is 39.9. The van der Waals surface area contributed by atoms with Crippen molar-refractivity contribution in [2.45, 2.75) is 13.8 Å². The Hall–Kier alpha value is -10.1. The van der Waals surface area contributed by atoms with Crippen LogP contribution in [-0.2, 0) is 0 Å². The van der Waals surface area contributed by atoms with Crippen LogP contribution in [0.1, 0.15) is 47.8 Å². The second-order valence-corrected chi connectivity index (χ2v) is 13.5. The fourth-order valence-corrected chi connectivity index (χ4v) is 5.11. The number of nitrogens with zero attached hydrogens (tertiary/aromatic N) is 21. The minimum atomic E-state index is 0.166. The predicted octanol–water partition coefficient (Wildman–Crippen LogP) is 6.57. The fraction of sp³-hybridized carbons (Fsp3) is 0.0426. The van der Waals surface area contributed by atoms with Crippen LogP contribution in [0.4, 0.5) is 11.9 Å². The van der Waals surface area contributed by atoms with E-state index >= 15 is 0 Å². The molecule has 330 valence electrons. The average molecular weight is 896 g/mol. The maximum Gasteiger partial charge on any atom is 0.287 e. The lowest BCUT2D eigenvalue weighted by molar-refractivity contribution is 0.823. The van der Waals surface area contributed by atoms with Crippen LogP contribution in [0, 0.1) is 0 Å². The lowest BCUT2D eigenvalue weighted by Gasteiger charge is -2.00. The molecule has 68 heavy (non-hydrogen) atoms. The van der Waals surface area contributed by atoms with Gasteiger partial charge in [-0.25, -0.2) is 15.0 Å². The molecule has 0 aliphatic carbocycles. The van der Waals surface area contributed by atoms with E-state index in [4.69, 9.17) is 0 Å². The highest BCUT2D eigenvalue weighted by Crippen LogP contribution is 2.17. The van der Waals surface area contributed by atoms with Crippen molar-refractivity contribution in [1.82, 2.24) is 85.9 Å². The molecule has 0 amide bonds. The van der Waals surface area contributed by atoms with Gasteiger partial charge in [-0.2, -0.15) is 0 Å². The quantitative estimate of drug-likeness (QED) is 0.117. The smallest absolute Gasteiger partial charge is 0.265 e. The van der Waals surface area contributed by atoms with Crippen molar-refractivity contribution in [3.63, 3.8) is 0 Å². The van der Waals surface area contributed by atoms with Gasteiger partial charge in [0.05, 0.1) is 6.20 Å². The Labute approximate surface area is 388 Å². The van der Waals surface area contributed by atoms with Gasteiger partial charge in [-0.3, -0.25) is 39.9 Å². The molecule has 9 aromatic heterocycles. The third-order valence-corrected chi connectivity index (χ3v) is 8.44. The molecular formula is C47H37N21. The van der Waals surface area contributed by atoms with Crippen LogP contribution in [0.25, 0.3) is 34.8 Å². The highest BCUT2D eigenvalue weighted by atomic mass is 15.4. The fourth-order valence-electron chi connectivity index (χ4n) is 5.11. The Morgan fingerprint density at radius 2 is 0.706 bits per heavy atom. The molecule has 9 aromatic rings. The molecule has 0 atom stereocenters. The summed E-state index contributed by atoms with van der Waals surface area (Å²) in [5.41, 5.74) is 7.76. The normalized spacial score (nSPS) is 11.6. The van der Waals surface area contributed by atoms with Gasteiger partial charge in [-0.15, -0.1) is 51.0 Å². The lowest BCUT2D eigenvalue weighted by atomic mass is 10.2. The Morgan fingerprint density at radius 1 is 0.368 bits per heavy atom. The van der Waals surface area contributed by atoms with Gasteiger partial charge >= 0.3 is 0 Å². The topological polar surface area (TPSA) is 269 Å². The Bertz CT molecular complexity index is 2860. The van der Waals surface area contributed by atoms with E-state index in [2.05, 4.69) is 106 Å². The molecule has 0 aliphatic heterocycles. The molecule has 0 saturated carbocycles. The number of aromatic nitrogens is 17. The molecule has 0 unspecified atom stereocenters. The summed E-state index contributed by atoms with van der Waals surface area (Å²) >= 11 is 0. The van der Waals surface area contributed by atoms with Gasteiger partial charge in [0.15, 0.2) is 17.5 Å². The third-order valence-electron chi connectivity index (χ3n) is 8.44. The maximum absolute atomic E-state index is 4.35. The van der Waals surface area contributed by atoms with Crippen molar-refractivity contribution >= 4 is 48.9 Å². The molecule has 21 heteroatoms. The molecule has 0 spiro atoms. The van der Waals surface area contributed by atoms with Gasteiger partial charge in [0.2, 0.25) is 0 Å². The van der Waals surface area contributed by atoms with E-state index in [0.29, 0.717) is 17.5 Å². The predicted molar refractivity (Wildman–Crippen MR) is 255 cm³/mol. The molecule has 0 fully saturated rings. The highest BCUT2D eigenvalue weighted by Gasteiger charge is 2.04. The zero-order valence-electron chi connectivity index (χ0n) is 36.3. The first-order chi connectivity index (χ1) is 33.5. The van der Waals surface area contributed by atoms with Gasteiger partial charge in [0, 0.05) is 134 Å². The first kappa shape index (κ1) is 46.0. The van der Waals surface area contributed by atoms with Crippen molar-refractivity contribution in [2.75, 3.05) is 0 Å². The highest BCUT2D eigenvalue weighted by molar-refractivity contribution is 5.82. The van der Waals surface area contributed by atoms with Crippen LogP contribution in [0.3, 0.4) is 0 Å². The number of allylic oxidation sites excluding steroid dienone is 2. The SMILES string of the molecule is C(=Nc1nnc(N=Cc2ccncc2)nn1)c1ccncc1.C/C(=C\c1nnc(/C=C(\C)N=Cc2ccncc2)nn1)N=Cc1ccncc1.c1cc(-c2cnc(-c3ccncc3)nn2)ccn1. The standard InChI is InChI=1S/C20H18N8.C14H10N8.C13H9N5/c1-15(23-13-17-3-7-21-8-4-17)11-19-25-27-20(28-26-19)12-16(2)24-14-18-5-9-22-10-6-18;1-5-15-6-2-11(1)9-17-13-19-21-14(22-20-13)18-10-12-3-7-16-8-4-12;1-5-14-6-2-10(1)12-9-16-13(18-17-12)11-3-7-15-8-4-11/h3-14H,1-2H3;1-10H;1-9H/b15-11+,16-12+,23-13?,24-14?;;. The summed E-state index contributed by atoms with van der Waals surface area (Å²) < 4.78 is 0. The molecular weight excluding hydrogens is 859 g/mol. The molecule has 9 rings (SSSR count). The van der Waals surface area contributed by atoms with E-state index in [1.54, 1.807) is 118 Å². The van der Waals surface area contributed by atoms with E-state index in [1.807, 2.05) is 86.6 Å². The monoisotopic (exact) mass is 895 g/mol. The number of hydrogen-bond donors (Lipinski definition) is 0. The zero-order valence-corrected chi connectivity index (χ0v) is 36.3. The van der Waals surface area contributed by atoms with Crippen LogP contribution >= 0.6 is 0 Å². The van der Waals surface area contributed by atoms with E-state index in [-0.39, 0.29) is 11.9 Å². The summed E-state index contributed by atoms with van der Waals surface area (Å²) in [7, 11) is 0. The lowest BCUT2D eigenvalue weighted by Crippen LogP contribution is -1.99. The Balaban J connectivity index is 0.000000155. The second-order valence-electron chi connectivity index (χ2n) is 13.5. The molecule has 0 bridgehead atoms. The summed E-state index contributed by atoms with van der Waals surface area (Å²) in [6, 6.07) is 22.2. The van der Waals surface area contributed by atoms with Crippen LogP contribution in [0.5, 0.6) is 0 Å². The minimum absolute atomic E-state index is 0.166. The molecule has 0 aromatic carbocycles. The molecule has 21 nitrogen and oxygen atoms in total. The third kappa shape index (κ3) is 15.6. The maximum atomic E-state index is 4.35. The summed E-state index contributed by atoms with van der Waals surface area (Å²) in [6.07, 6.45) is 32.2. The minimum Gasteiger partial charge on any atom is -0.265 e. The van der Waals surface area contributed by atoms with Crippen molar-refractivity contribution in [3.05, 3.63) is 199 Å². The Morgan fingerprint density at radius 3 is 1.06 bits per heavy atom. The van der Waals surface area contributed by atoms with Crippen LogP contribution in [0.2, 0.25) is 0 Å². The largest absolute Gasteiger partial charge is 0.287 e. The average Bonchev–Trinajstić information content (AvgIpc) is 3.41. The summed E-state index contributed by atoms with van der Waals surface area (Å²) in [4.78, 5) is 44.8. The van der Waals surface area contributed by atoms with Gasteiger partial charge < -0.3 is 0 Å². The van der Waals surface area contributed by atoms with E-state index in [9.17, 15) is 0 Å². The summed E-state index contributed by atoms with van der Waals surface area (Å²) in [5.74, 6) is 1.70. The molecule has 9 heterocycles. The first-order valence-corrected chi connectivity index (χ1v) is 20.3. The van der Waals surface area contributed by atoms with Gasteiger partial charge in [0.1, 0.15) is 5.69 Å². The van der Waals surface area contributed by atoms with Gasteiger partial charge in [0.25, 0.3) is 11.9 Å². The zero-order chi connectivity index (χ0) is 46.9. The first-order valence-electron chi connectivity index (χ1n) is 20.3. The second kappa shape index (κ2) is 25.3. The van der Waals surface area contributed by atoms with Crippen molar-refractivity contribution < 1.29 is 0 Å². The molecule has 0 aliphatic rings. The number of aliphatic imine (C=N–C) groups is 4. The van der Waals surface area contributed by atoms with E-state index in [1.165, 1.54) is 0 Å². The number of rotatable bonds is 12. The molecule has 0 saturated heterocycles. The summed E-state index contributed by atoms with van der Waals surface area (Å²) in [6.45, 7) is 3.71. The van der Waals surface area contributed by atoms with Gasteiger partial charge in [-0.1, -0.05) is 0 Å². The van der Waals surface area contributed by atoms with Gasteiger partial charge in [-0.05, 0) is 109 Å². The number of hydrogen-bond acceptors (Lipinski definition) is 21. The van der Waals surface area contributed by atoms with Crippen molar-refractivity contribution in [3.8, 4) is 22.6 Å². The molecule has 0 N–H and O–H groups in total. The van der Waals surface area contributed by atoms with Crippen LogP contribution in [-0.4, -0.2) is 111 Å².